The average molecular weight is 437 g/mol. The normalized spacial score (nSPS) is 16.5. The molecule has 5 nitrogen and oxygen atoms in total. The fourth-order valence-corrected chi connectivity index (χ4v) is 6.36. The number of halogens is 1. The lowest BCUT2D eigenvalue weighted by molar-refractivity contribution is 0.135. The summed E-state index contributed by atoms with van der Waals surface area (Å²) in [5.41, 5.74) is 2.80. The van der Waals surface area contributed by atoms with Gasteiger partial charge in [-0.05, 0) is 56.0 Å². The van der Waals surface area contributed by atoms with Gasteiger partial charge in [0, 0.05) is 18.1 Å². The van der Waals surface area contributed by atoms with Crippen molar-refractivity contribution < 1.29 is 13.2 Å². The molecular formula is C20H21ClN2O3S2. The van der Waals surface area contributed by atoms with E-state index < -0.39 is 10.0 Å². The molecule has 2 aromatic carbocycles. The number of sulfonamides is 1. The maximum atomic E-state index is 13.0. The second kappa shape index (κ2) is 7.63. The number of piperidine rings is 1. The Morgan fingerprint density at radius 2 is 1.89 bits per heavy atom. The minimum Gasteiger partial charge on any atom is -0.467 e. The maximum Gasteiger partial charge on any atom is 0.274 e. The summed E-state index contributed by atoms with van der Waals surface area (Å²) in [6, 6.07) is 11.1. The van der Waals surface area contributed by atoms with Crippen molar-refractivity contribution >= 4 is 43.2 Å². The summed E-state index contributed by atoms with van der Waals surface area (Å²) < 4.78 is 34.7. The zero-order valence-electron chi connectivity index (χ0n) is 15.7. The van der Waals surface area contributed by atoms with Gasteiger partial charge in [-0.15, -0.1) is 0 Å². The van der Waals surface area contributed by atoms with Gasteiger partial charge in [-0.25, -0.2) is 13.4 Å². The van der Waals surface area contributed by atoms with Crippen molar-refractivity contribution in [2.45, 2.75) is 37.7 Å². The lowest BCUT2D eigenvalue weighted by atomic mass is 10.1. The molecular weight excluding hydrogens is 416 g/mol. The molecule has 4 rings (SSSR count). The van der Waals surface area contributed by atoms with Crippen LogP contribution in [0.1, 0.15) is 24.0 Å². The van der Waals surface area contributed by atoms with Crippen LogP contribution in [0.2, 0.25) is 5.02 Å². The van der Waals surface area contributed by atoms with E-state index in [1.165, 1.54) is 21.7 Å². The van der Waals surface area contributed by atoms with Gasteiger partial charge in [-0.2, -0.15) is 4.31 Å². The molecule has 3 aromatic rings. The van der Waals surface area contributed by atoms with Crippen LogP contribution >= 0.6 is 22.9 Å². The molecule has 0 N–H and O–H groups in total. The number of fused-ring (bicyclic) bond motifs is 1. The second-order valence-electron chi connectivity index (χ2n) is 7.03. The number of nitrogens with zero attached hydrogens (tertiary/aromatic N) is 2. The SMILES string of the molecule is Cc1ccc(Cl)cc1S(=O)(=O)N1CCC(Oc2nc3c(C)cccc3s2)CC1. The summed E-state index contributed by atoms with van der Waals surface area (Å²) in [4.78, 5) is 4.87. The highest BCUT2D eigenvalue weighted by molar-refractivity contribution is 7.89. The first-order valence-electron chi connectivity index (χ1n) is 9.14. The highest BCUT2D eigenvalue weighted by Gasteiger charge is 2.31. The molecule has 0 radical (unpaired) electrons. The third kappa shape index (κ3) is 3.76. The molecule has 0 amide bonds. The van der Waals surface area contributed by atoms with Crippen LogP contribution in [0.5, 0.6) is 5.19 Å². The lowest BCUT2D eigenvalue weighted by Crippen LogP contribution is -2.41. The second-order valence-corrected chi connectivity index (χ2v) is 10.4. The number of ether oxygens (including phenoxy) is 1. The highest BCUT2D eigenvalue weighted by Crippen LogP contribution is 2.32. The van der Waals surface area contributed by atoms with E-state index in [0.29, 0.717) is 41.7 Å². The molecule has 1 aromatic heterocycles. The molecule has 1 fully saturated rings. The summed E-state index contributed by atoms with van der Waals surface area (Å²) in [5, 5.41) is 1.07. The fraction of sp³-hybridized carbons (Fsp3) is 0.350. The van der Waals surface area contributed by atoms with Gasteiger partial charge in [0.25, 0.3) is 5.19 Å². The van der Waals surface area contributed by atoms with Crippen LogP contribution in [-0.2, 0) is 10.0 Å². The molecule has 1 aliphatic rings. The summed E-state index contributed by atoms with van der Waals surface area (Å²) in [7, 11) is -3.56. The Morgan fingerprint density at radius 1 is 1.14 bits per heavy atom. The number of aromatic nitrogens is 1. The van der Waals surface area contributed by atoms with E-state index >= 15 is 0 Å². The number of benzene rings is 2. The number of thiazole rings is 1. The van der Waals surface area contributed by atoms with Gasteiger partial charge >= 0.3 is 0 Å². The Kier molecular flexibility index (Phi) is 5.35. The van der Waals surface area contributed by atoms with Crippen LogP contribution < -0.4 is 4.74 Å². The highest BCUT2D eigenvalue weighted by atomic mass is 35.5. The van der Waals surface area contributed by atoms with Crippen molar-refractivity contribution in [3.05, 3.63) is 52.5 Å². The lowest BCUT2D eigenvalue weighted by Gasteiger charge is -2.31. The summed E-state index contributed by atoms with van der Waals surface area (Å²) in [6.45, 7) is 4.66. The first-order chi connectivity index (χ1) is 13.3. The van der Waals surface area contributed by atoms with E-state index in [-0.39, 0.29) is 11.0 Å². The van der Waals surface area contributed by atoms with Crippen molar-refractivity contribution in [2.75, 3.05) is 13.1 Å². The topological polar surface area (TPSA) is 59.5 Å². The van der Waals surface area contributed by atoms with Crippen LogP contribution in [0.15, 0.2) is 41.3 Å². The molecule has 0 aliphatic carbocycles. The van der Waals surface area contributed by atoms with E-state index in [2.05, 4.69) is 4.98 Å². The molecule has 2 heterocycles. The number of rotatable bonds is 4. The van der Waals surface area contributed by atoms with Crippen LogP contribution in [0.4, 0.5) is 0 Å². The first-order valence-corrected chi connectivity index (χ1v) is 11.8. The van der Waals surface area contributed by atoms with Crippen molar-refractivity contribution in [3.8, 4) is 5.19 Å². The molecule has 0 bridgehead atoms. The van der Waals surface area contributed by atoms with E-state index in [9.17, 15) is 8.42 Å². The largest absolute Gasteiger partial charge is 0.467 e. The third-order valence-electron chi connectivity index (χ3n) is 5.04. The molecule has 28 heavy (non-hydrogen) atoms. The molecule has 0 saturated carbocycles. The Labute approximate surface area is 174 Å². The zero-order valence-corrected chi connectivity index (χ0v) is 18.1. The Bertz CT molecular complexity index is 1120. The van der Waals surface area contributed by atoms with Gasteiger partial charge in [0.1, 0.15) is 6.10 Å². The van der Waals surface area contributed by atoms with Crippen LogP contribution in [-0.4, -0.2) is 36.9 Å². The molecule has 1 saturated heterocycles. The zero-order chi connectivity index (χ0) is 19.9. The van der Waals surface area contributed by atoms with Gasteiger partial charge in [0.2, 0.25) is 10.0 Å². The Balaban J connectivity index is 1.45. The van der Waals surface area contributed by atoms with Gasteiger partial charge in [-0.3, -0.25) is 0 Å². The van der Waals surface area contributed by atoms with E-state index in [1.54, 1.807) is 19.1 Å². The van der Waals surface area contributed by atoms with Crippen LogP contribution in [0.25, 0.3) is 10.2 Å². The van der Waals surface area contributed by atoms with Crippen molar-refractivity contribution in [3.63, 3.8) is 0 Å². The number of hydrogen-bond acceptors (Lipinski definition) is 5. The van der Waals surface area contributed by atoms with E-state index in [0.717, 1.165) is 15.8 Å². The number of para-hydroxylation sites is 1. The average Bonchev–Trinajstić information content (AvgIpc) is 3.08. The third-order valence-corrected chi connectivity index (χ3v) is 8.22. The molecule has 0 atom stereocenters. The van der Waals surface area contributed by atoms with Gasteiger partial charge in [0.05, 0.1) is 15.1 Å². The smallest absolute Gasteiger partial charge is 0.274 e. The molecule has 0 unspecified atom stereocenters. The fourth-order valence-electron chi connectivity index (χ4n) is 3.44. The van der Waals surface area contributed by atoms with Crippen molar-refractivity contribution in [1.29, 1.82) is 0 Å². The molecule has 0 spiro atoms. The van der Waals surface area contributed by atoms with E-state index in [4.69, 9.17) is 16.3 Å². The summed E-state index contributed by atoms with van der Waals surface area (Å²) in [6.07, 6.45) is 1.23. The van der Waals surface area contributed by atoms with Gasteiger partial charge in [-0.1, -0.05) is 41.1 Å². The summed E-state index contributed by atoms with van der Waals surface area (Å²) >= 11 is 7.54. The predicted octanol–water partition coefficient (Wildman–Crippen LogP) is 4.80. The quantitative estimate of drug-likeness (QED) is 0.589. The monoisotopic (exact) mass is 436 g/mol. The van der Waals surface area contributed by atoms with Crippen molar-refractivity contribution in [2.24, 2.45) is 0 Å². The Hall–Kier alpha value is -1.67. The minimum atomic E-state index is -3.56. The number of aryl methyl sites for hydroxylation is 2. The van der Waals surface area contributed by atoms with E-state index in [1.807, 2.05) is 25.1 Å². The minimum absolute atomic E-state index is 0.0345. The molecule has 148 valence electrons. The van der Waals surface area contributed by atoms with Gasteiger partial charge < -0.3 is 4.74 Å². The van der Waals surface area contributed by atoms with Crippen molar-refractivity contribution in [1.82, 2.24) is 9.29 Å². The summed E-state index contributed by atoms with van der Waals surface area (Å²) in [5.74, 6) is 0. The predicted molar refractivity (Wildman–Crippen MR) is 113 cm³/mol. The standard InChI is InChI=1S/C20H21ClN2O3S2/c1-13-6-7-15(21)12-18(13)28(24,25)23-10-8-16(9-11-23)26-20-22-19-14(2)4-3-5-17(19)27-20/h3-7,12,16H,8-11H2,1-2H3. The van der Waals surface area contributed by atoms with Crippen LogP contribution in [0, 0.1) is 13.8 Å². The maximum absolute atomic E-state index is 13.0. The molecule has 8 heteroatoms. The van der Waals surface area contributed by atoms with Gasteiger partial charge in [0.15, 0.2) is 0 Å². The Morgan fingerprint density at radius 3 is 2.61 bits per heavy atom. The molecule has 1 aliphatic heterocycles. The number of hydrogen-bond donors (Lipinski definition) is 0. The van der Waals surface area contributed by atoms with Crippen LogP contribution in [0.3, 0.4) is 0 Å². The first kappa shape index (κ1) is 19.6.